The van der Waals surface area contributed by atoms with Crippen molar-refractivity contribution in [1.29, 1.82) is 0 Å². The number of aromatic nitrogens is 1. The summed E-state index contributed by atoms with van der Waals surface area (Å²) in [7, 11) is 1.94. The normalized spacial score (nSPS) is 17.4. The third-order valence-electron chi connectivity index (χ3n) is 2.39. The summed E-state index contributed by atoms with van der Waals surface area (Å²) in [6.45, 7) is 0.792. The molecule has 0 fully saturated rings. The number of rotatable bonds is 3. The summed E-state index contributed by atoms with van der Waals surface area (Å²) in [5.41, 5.74) is 2.32. The number of nitrogens with one attached hydrogen (secondary N) is 1. The van der Waals surface area contributed by atoms with Gasteiger partial charge in [-0.15, -0.1) is 0 Å². The van der Waals surface area contributed by atoms with E-state index in [9.17, 15) is 0 Å². The lowest BCUT2D eigenvalue weighted by Crippen LogP contribution is -2.19. The molecule has 1 atom stereocenters. The molecule has 0 amide bonds. The number of likely N-dealkylation sites (N-methyl/N-ethyl adjacent to an activating group) is 1. The fourth-order valence-corrected chi connectivity index (χ4v) is 1.68. The van der Waals surface area contributed by atoms with E-state index in [4.69, 9.17) is 4.74 Å². The predicted octanol–water partition coefficient (Wildman–Crippen LogP) is 1.65. The average Bonchev–Trinajstić information content (AvgIpc) is 2.74. The van der Waals surface area contributed by atoms with Gasteiger partial charge in [0.1, 0.15) is 0 Å². The maximum absolute atomic E-state index is 5.23. The monoisotopic (exact) mass is 190 g/mol. The molecule has 1 aromatic rings. The van der Waals surface area contributed by atoms with Gasteiger partial charge in [0.25, 0.3) is 0 Å². The van der Waals surface area contributed by atoms with Crippen LogP contribution in [-0.2, 0) is 4.74 Å². The number of hydrogen-bond donors (Lipinski definition) is 1. The molecule has 1 N–H and O–H groups in total. The van der Waals surface area contributed by atoms with Gasteiger partial charge in [0, 0.05) is 12.6 Å². The fraction of sp³-hybridized carbons (Fsp3) is 0.364. The van der Waals surface area contributed by atoms with Gasteiger partial charge in [0.2, 0.25) is 0 Å². The summed E-state index contributed by atoms with van der Waals surface area (Å²) in [5.74, 6) is 0. The predicted molar refractivity (Wildman–Crippen MR) is 54.7 cm³/mol. The second-order valence-electron chi connectivity index (χ2n) is 3.29. The Morgan fingerprint density at radius 2 is 2.43 bits per heavy atom. The minimum absolute atomic E-state index is 0.193. The van der Waals surface area contributed by atoms with Crippen LogP contribution in [0.5, 0.6) is 0 Å². The Morgan fingerprint density at radius 1 is 1.50 bits per heavy atom. The first-order valence-corrected chi connectivity index (χ1v) is 4.80. The van der Waals surface area contributed by atoms with E-state index < -0.39 is 0 Å². The fourth-order valence-electron chi connectivity index (χ4n) is 1.68. The van der Waals surface area contributed by atoms with E-state index in [0.717, 1.165) is 18.7 Å². The number of hydrogen-bond acceptors (Lipinski definition) is 3. The van der Waals surface area contributed by atoms with Crippen LogP contribution >= 0.6 is 0 Å². The Kier molecular flexibility index (Phi) is 2.79. The Morgan fingerprint density at radius 3 is 3.00 bits per heavy atom. The van der Waals surface area contributed by atoms with E-state index in [0.29, 0.717) is 0 Å². The quantitative estimate of drug-likeness (QED) is 0.786. The molecular formula is C11H14N2O. The molecule has 0 radical (unpaired) electrons. The van der Waals surface area contributed by atoms with Crippen LogP contribution in [0.1, 0.15) is 18.2 Å². The van der Waals surface area contributed by atoms with Gasteiger partial charge < -0.3 is 10.1 Å². The summed E-state index contributed by atoms with van der Waals surface area (Å²) < 4.78 is 5.23. The molecule has 0 bridgehead atoms. The van der Waals surface area contributed by atoms with E-state index in [1.165, 1.54) is 5.57 Å². The molecule has 0 saturated carbocycles. The van der Waals surface area contributed by atoms with Crippen molar-refractivity contribution in [2.24, 2.45) is 0 Å². The van der Waals surface area contributed by atoms with Crippen LogP contribution in [0.3, 0.4) is 0 Å². The van der Waals surface area contributed by atoms with Crippen molar-refractivity contribution in [2.45, 2.75) is 12.5 Å². The molecule has 0 spiro atoms. The molecule has 2 heterocycles. The molecule has 0 saturated heterocycles. The van der Waals surface area contributed by atoms with Crippen molar-refractivity contribution >= 4 is 0 Å². The Hall–Kier alpha value is -1.35. The van der Waals surface area contributed by atoms with Gasteiger partial charge in [-0.2, -0.15) is 0 Å². The summed E-state index contributed by atoms with van der Waals surface area (Å²) in [6, 6.07) is 6.15. The first-order valence-electron chi connectivity index (χ1n) is 4.80. The highest BCUT2D eigenvalue weighted by Gasteiger charge is 2.18. The molecular weight excluding hydrogens is 176 g/mol. The maximum Gasteiger partial charge on any atom is 0.0912 e. The smallest absolute Gasteiger partial charge is 0.0912 e. The zero-order valence-electron chi connectivity index (χ0n) is 8.23. The van der Waals surface area contributed by atoms with Crippen LogP contribution in [0, 0.1) is 0 Å². The van der Waals surface area contributed by atoms with Gasteiger partial charge in [-0.25, -0.2) is 0 Å². The van der Waals surface area contributed by atoms with E-state index in [1.807, 2.05) is 37.7 Å². The second-order valence-corrected chi connectivity index (χ2v) is 3.29. The molecule has 1 aliphatic rings. The SMILES string of the molecule is CNC(C1=COCC1)c1ccccn1. The molecule has 1 aromatic heterocycles. The topological polar surface area (TPSA) is 34.1 Å². The van der Waals surface area contributed by atoms with Crippen molar-refractivity contribution in [3.63, 3.8) is 0 Å². The highest BCUT2D eigenvalue weighted by molar-refractivity contribution is 5.22. The highest BCUT2D eigenvalue weighted by atomic mass is 16.5. The van der Waals surface area contributed by atoms with E-state index >= 15 is 0 Å². The first kappa shape index (κ1) is 9.21. The van der Waals surface area contributed by atoms with Crippen LogP contribution in [0.15, 0.2) is 36.2 Å². The van der Waals surface area contributed by atoms with Crippen molar-refractivity contribution in [1.82, 2.24) is 10.3 Å². The molecule has 2 rings (SSSR count). The molecule has 0 aliphatic carbocycles. The lowest BCUT2D eigenvalue weighted by molar-refractivity contribution is 0.281. The minimum Gasteiger partial charge on any atom is -0.501 e. The number of nitrogens with zero attached hydrogens (tertiary/aromatic N) is 1. The standard InChI is InChI=1S/C11H14N2O/c1-12-11(9-5-7-14-8-9)10-4-2-3-6-13-10/h2-4,6,8,11-12H,5,7H2,1H3. The zero-order chi connectivity index (χ0) is 9.80. The number of pyridine rings is 1. The van der Waals surface area contributed by atoms with Crippen LogP contribution in [0.2, 0.25) is 0 Å². The Bertz CT molecular complexity index is 321. The Balaban J connectivity index is 2.21. The Labute approximate surface area is 83.8 Å². The lowest BCUT2D eigenvalue weighted by atomic mass is 10.0. The molecule has 14 heavy (non-hydrogen) atoms. The summed E-state index contributed by atoms with van der Waals surface area (Å²) >= 11 is 0. The van der Waals surface area contributed by atoms with E-state index in [1.54, 1.807) is 0 Å². The van der Waals surface area contributed by atoms with Gasteiger partial charge in [0.15, 0.2) is 0 Å². The van der Waals surface area contributed by atoms with Crippen LogP contribution < -0.4 is 5.32 Å². The third kappa shape index (κ3) is 1.77. The average molecular weight is 190 g/mol. The maximum atomic E-state index is 5.23. The van der Waals surface area contributed by atoms with Gasteiger partial charge in [-0.1, -0.05) is 6.07 Å². The molecule has 0 aromatic carbocycles. The van der Waals surface area contributed by atoms with Crippen molar-refractivity contribution in [2.75, 3.05) is 13.7 Å². The molecule has 1 aliphatic heterocycles. The molecule has 74 valence electrons. The highest BCUT2D eigenvalue weighted by Crippen LogP contribution is 2.25. The summed E-state index contributed by atoms with van der Waals surface area (Å²) in [5, 5.41) is 3.25. The molecule has 3 heteroatoms. The van der Waals surface area contributed by atoms with E-state index in [-0.39, 0.29) is 6.04 Å². The van der Waals surface area contributed by atoms with Gasteiger partial charge in [-0.3, -0.25) is 4.98 Å². The minimum atomic E-state index is 0.193. The van der Waals surface area contributed by atoms with Crippen molar-refractivity contribution < 1.29 is 4.74 Å². The second kappa shape index (κ2) is 4.24. The van der Waals surface area contributed by atoms with Crippen LogP contribution in [0.4, 0.5) is 0 Å². The molecule has 3 nitrogen and oxygen atoms in total. The van der Waals surface area contributed by atoms with E-state index in [2.05, 4.69) is 10.3 Å². The van der Waals surface area contributed by atoms with Crippen LogP contribution in [0.25, 0.3) is 0 Å². The van der Waals surface area contributed by atoms with Crippen molar-refractivity contribution in [3.05, 3.63) is 41.9 Å². The van der Waals surface area contributed by atoms with Crippen LogP contribution in [-0.4, -0.2) is 18.6 Å². The third-order valence-corrected chi connectivity index (χ3v) is 2.39. The molecule has 1 unspecified atom stereocenters. The largest absolute Gasteiger partial charge is 0.501 e. The van der Waals surface area contributed by atoms with Gasteiger partial charge >= 0.3 is 0 Å². The number of ether oxygens (including phenoxy) is 1. The summed E-state index contributed by atoms with van der Waals surface area (Å²) in [6.07, 6.45) is 4.65. The van der Waals surface area contributed by atoms with Gasteiger partial charge in [-0.05, 0) is 24.8 Å². The summed E-state index contributed by atoms with van der Waals surface area (Å²) in [4.78, 5) is 4.34. The lowest BCUT2D eigenvalue weighted by Gasteiger charge is -2.15. The van der Waals surface area contributed by atoms with Crippen molar-refractivity contribution in [3.8, 4) is 0 Å². The first-order chi connectivity index (χ1) is 6.92. The van der Waals surface area contributed by atoms with Gasteiger partial charge in [0.05, 0.1) is 24.6 Å². The zero-order valence-corrected chi connectivity index (χ0v) is 8.23.